The van der Waals surface area contributed by atoms with Crippen molar-refractivity contribution < 1.29 is 0 Å². The van der Waals surface area contributed by atoms with Crippen LogP contribution in [0, 0.1) is 0 Å². The second-order valence-electron chi connectivity index (χ2n) is 5.01. The van der Waals surface area contributed by atoms with E-state index in [-0.39, 0.29) is 0 Å². The number of nitrogens with zero attached hydrogens (tertiary/aromatic N) is 4. The molecule has 0 bridgehead atoms. The first-order valence-electron chi connectivity index (χ1n) is 7.06. The van der Waals surface area contributed by atoms with E-state index >= 15 is 0 Å². The highest BCUT2D eigenvalue weighted by atomic mass is 15.1. The molecule has 0 amide bonds. The molecule has 2 heterocycles. The van der Waals surface area contributed by atoms with Gasteiger partial charge in [-0.25, -0.2) is 4.98 Å². The second-order valence-corrected chi connectivity index (χ2v) is 5.01. The fourth-order valence-electron chi connectivity index (χ4n) is 1.90. The maximum Gasteiger partial charge on any atom is 0.225 e. The third-order valence-electron chi connectivity index (χ3n) is 2.97. The molecule has 0 radical (unpaired) electrons. The largest absolute Gasteiger partial charge is 0.373 e. The molecule has 0 aliphatic carbocycles. The molecule has 0 saturated heterocycles. The Hall–Kier alpha value is -2.21. The molecule has 21 heavy (non-hydrogen) atoms. The Balaban J connectivity index is 2.11. The highest BCUT2D eigenvalue weighted by molar-refractivity contribution is 5.60. The summed E-state index contributed by atoms with van der Waals surface area (Å²) < 4.78 is 0. The number of aromatic nitrogens is 3. The summed E-state index contributed by atoms with van der Waals surface area (Å²) in [7, 11) is 5.98. The van der Waals surface area contributed by atoms with Crippen molar-refractivity contribution in [2.75, 3.05) is 44.9 Å². The molecule has 0 saturated carbocycles. The van der Waals surface area contributed by atoms with Crippen LogP contribution < -0.4 is 10.6 Å². The Labute approximate surface area is 125 Å². The van der Waals surface area contributed by atoms with Crippen LogP contribution in [0.2, 0.25) is 0 Å². The molecule has 0 atom stereocenters. The van der Waals surface area contributed by atoms with Crippen molar-refractivity contribution in [3.05, 3.63) is 30.5 Å². The molecule has 2 aromatic rings. The molecule has 6 nitrogen and oxygen atoms in total. The molecular formula is C15H22N6. The quantitative estimate of drug-likeness (QED) is 0.758. The average molecular weight is 286 g/mol. The fourth-order valence-corrected chi connectivity index (χ4v) is 1.90. The van der Waals surface area contributed by atoms with Crippen molar-refractivity contribution in [2.24, 2.45) is 0 Å². The minimum atomic E-state index is 0.626. The molecular weight excluding hydrogens is 264 g/mol. The molecule has 6 heteroatoms. The summed E-state index contributed by atoms with van der Waals surface area (Å²) in [6, 6.07) is 7.68. The summed E-state index contributed by atoms with van der Waals surface area (Å²) in [6.07, 6.45) is 2.81. The lowest BCUT2D eigenvalue weighted by Crippen LogP contribution is -2.17. The number of pyridine rings is 1. The van der Waals surface area contributed by atoms with Crippen LogP contribution in [0.4, 0.5) is 11.8 Å². The van der Waals surface area contributed by atoms with Gasteiger partial charge in [0.05, 0.1) is 11.4 Å². The number of hydrogen-bond acceptors (Lipinski definition) is 6. The first-order chi connectivity index (χ1) is 10.2. The van der Waals surface area contributed by atoms with Gasteiger partial charge >= 0.3 is 0 Å². The van der Waals surface area contributed by atoms with E-state index in [0.717, 1.165) is 36.7 Å². The molecule has 0 aliphatic rings. The normalized spacial score (nSPS) is 10.7. The topological polar surface area (TPSA) is 66.0 Å². The van der Waals surface area contributed by atoms with Gasteiger partial charge in [0.1, 0.15) is 5.82 Å². The lowest BCUT2D eigenvalue weighted by molar-refractivity contribution is 0.405. The SMILES string of the molecule is CNc1cc(-c2ccccn2)nc(NCCCN(C)C)n1. The average Bonchev–Trinajstić information content (AvgIpc) is 2.52. The van der Waals surface area contributed by atoms with E-state index in [0.29, 0.717) is 5.95 Å². The van der Waals surface area contributed by atoms with Crippen molar-refractivity contribution in [3.8, 4) is 11.4 Å². The second kappa shape index (κ2) is 7.54. The molecule has 0 aromatic carbocycles. The van der Waals surface area contributed by atoms with Crippen molar-refractivity contribution in [1.29, 1.82) is 0 Å². The molecule has 112 valence electrons. The van der Waals surface area contributed by atoms with E-state index in [2.05, 4.69) is 44.6 Å². The minimum absolute atomic E-state index is 0.626. The van der Waals surface area contributed by atoms with E-state index in [1.54, 1.807) is 6.20 Å². The first kappa shape index (κ1) is 15.2. The van der Waals surface area contributed by atoms with E-state index < -0.39 is 0 Å². The van der Waals surface area contributed by atoms with Crippen molar-refractivity contribution >= 4 is 11.8 Å². The standard InChI is InChI=1S/C15H22N6/c1-16-14-11-13(12-7-4-5-8-17-12)19-15(20-14)18-9-6-10-21(2)3/h4-5,7-8,11H,6,9-10H2,1-3H3,(H2,16,18,19,20). The zero-order valence-corrected chi connectivity index (χ0v) is 12.8. The van der Waals surface area contributed by atoms with E-state index in [4.69, 9.17) is 0 Å². The van der Waals surface area contributed by atoms with Crippen LogP contribution in [0.1, 0.15) is 6.42 Å². The van der Waals surface area contributed by atoms with Gasteiger partial charge in [-0.3, -0.25) is 4.98 Å². The molecule has 0 aliphatic heterocycles. The van der Waals surface area contributed by atoms with Crippen molar-refractivity contribution in [3.63, 3.8) is 0 Å². The number of nitrogens with one attached hydrogen (secondary N) is 2. The van der Waals surface area contributed by atoms with Gasteiger partial charge in [-0.2, -0.15) is 4.98 Å². The van der Waals surface area contributed by atoms with Gasteiger partial charge < -0.3 is 15.5 Å². The predicted molar refractivity (Wildman–Crippen MR) is 86.5 cm³/mol. The lowest BCUT2D eigenvalue weighted by Gasteiger charge is -2.11. The zero-order valence-electron chi connectivity index (χ0n) is 12.8. The Morgan fingerprint density at radius 1 is 1.14 bits per heavy atom. The van der Waals surface area contributed by atoms with E-state index in [1.807, 2.05) is 31.3 Å². The van der Waals surface area contributed by atoms with Gasteiger partial charge in [0, 0.05) is 25.9 Å². The third-order valence-corrected chi connectivity index (χ3v) is 2.97. The van der Waals surface area contributed by atoms with E-state index in [9.17, 15) is 0 Å². The summed E-state index contributed by atoms with van der Waals surface area (Å²) in [4.78, 5) is 15.4. The number of hydrogen-bond donors (Lipinski definition) is 2. The van der Waals surface area contributed by atoms with Crippen LogP contribution >= 0.6 is 0 Å². The summed E-state index contributed by atoms with van der Waals surface area (Å²) in [6.45, 7) is 1.87. The van der Waals surface area contributed by atoms with Crippen LogP contribution in [0.15, 0.2) is 30.5 Å². The van der Waals surface area contributed by atoms with Crippen molar-refractivity contribution in [2.45, 2.75) is 6.42 Å². The maximum absolute atomic E-state index is 4.53. The highest BCUT2D eigenvalue weighted by Crippen LogP contribution is 2.18. The molecule has 0 unspecified atom stereocenters. The third kappa shape index (κ3) is 4.68. The highest BCUT2D eigenvalue weighted by Gasteiger charge is 2.06. The van der Waals surface area contributed by atoms with E-state index in [1.165, 1.54) is 0 Å². The Morgan fingerprint density at radius 3 is 2.67 bits per heavy atom. The Bertz CT molecular complexity index is 555. The summed E-state index contributed by atoms with van der Waals surface area (Å²) in [5.74, 6) is 1.40. The Kier molecular flexibility index (Phi) is 5.45. The molecule has 2 N–H and O–H groups in total. The zero-order chi connectivity index (χ0) is 15.1. The van der Waals surface area contributed by atoms with Gasteiger partial charge in [0.15, 0.2) is 0 Å². The monoisotopic (exact) mass is 286 g/mol. The summed E-state index contributed by atoms with van der Waals surface area (Å²) in [5.41, 5.74) is 1.65. The first-order valence-corrected chi connectivity index (χ1v) is 7.06. The van der Waals surface area contributed by atoms with Crippen LogP contribution in [-0.2, 0) is 0 Å². The van der Waals surface area contributed by atoms with Crippen LogP contribution in [0.25, 0.3) is 11.4 Å². The minimum Gasteiger partial charge on any atom is -0.373 e. The van der Waals surface area contributed by atoms with Gasteiger partial charge in [-0.05, 0) is 39.2 Å². The van der Waals surface area contributed by atoms with Gasteiger partial charge in [0.2, 0.25) is 5.95 Å². The van der Waals surface area contributed by atoms with Crippen LogP contribution in [0.5, 0.6) is 0 Å². The molecule has 0 fully saturated rings. The summed E-state index contributed by atoms with van der Waals surface area (Å²) in [5, 5.41) is 6.33. The fraction of sp³-hybridized carbons (Fsp3) is 0.400. The Morgan fingerprint density at radius 2 is 2.00 bits per heavy atom. The van der Waals surface area contributed by atoms with Gasteiger partial charge in [-0.15, -0.1) is 0 Å². The summed E-state index contributed by atoms with van der Waals surface area (Å²) >= 11 is 0. The van der Waals surface area contributed by atoms with Crippen LogP contribution in [0.3, 0.4) is 0 Å². The van der Waals surface area contributed by atoms with Gasteiger partial charge in [-0.1, -0.05) is 6.07 Å². The number of anilines is 2. The van der Waals surface area contributed by atoms with Crippen LogP contribution in [-0.4, -0.2) is 54.1 Å². The molecule has 2 rings (SSSR count). The molecule has 2 aromatic heterocycles. The predicted octanol–water partition coefficient (Wildman–Crippen LogP) is 1.94. The molecule has 0 spiro atoms. The lowest BCUT2D eigenvalue weighted by atomic mass is 10.2. The van der Waals surface area contributed by atoms with Crippen molar-refractivity contribution in [1.82, 2.24) is 19.9 Å². The number of rotatable bonds is 7. The smallest absolute Gasteiger partial charge is 0.225 e. The maximum atomic E-state index is 4.53. The van der Waals surface area contributed by atoms with Gasteiger partial charge in [0.25, 0.3) is 0 Å².